The normalized spacial score (nSPS) is 19.0. The number of nitrogens with zero attached hydrogens (tertiary/aromatic N) is 2. The van der Waals surface area contributed by atoms with Crippen molar-refractivity contribution < 1.29 is 9.90 Å². The van der Waals surface area contributed by atoms with Crippen LogP contribution in [0.15, 0.2) is 34.9 Å². The molecule has 2 aromatic rings. The molecule has 1 aromatic heterocycles. The zero-order chi connectivity index (χ0) is 13.4. The zero-order valence-corrected chi connectivity index (χ0v) is 11.8. The molecule has 1 fully saturated rings. The highest BCUT2D eigenvalue weighted by Crippen LogP contribution is 2.33. The minimum Gasteiger partial charge on any atom is -0.480 e. The monoisotopic (exact) mass is 320 g/mol. The van der Waals surface area contributed by atoms with Gasteiger partial charge < -0.3 is 10.0 Å². The summed E-state index contributed by atoms with van der Waals surface area (Å²) < 4.78 is 1.000. The van der Waals surface area contributed by atoms with E-state index >= 15 is 0 Å². The predicted molar refractivity (Wildman–Crippen MR) is 77.4 cm³/mol. The highest BCUT2D eigenvalue weighted by atomic mass is 79.9. The van der Waals surface area contributed by atoms with Crippen LogP contribution in [0.4, 0.5) is 5.82 Å². The van der Waals surface area contributed by atoms with E-state index < -0.39 is 12.0 Å². The molecular weight excluding hydrogens is 308 g/mol. The molecule has 5 heteroatoms. The van der Waals surface area contributed by atoms with Gasteiger partial charge in [-0.15, -0.1) is 0 Å². The van der Waals surface area contributed by atoms with Crippen LogP contribution < -0.4 is 4.90 Å². The lowest BCUT2D eigenvalue weighted by Crippen LogP contribution is -2.36. The second kappa shape index (κ2) is 4.81. The number of carbonyl (C=O) groups is 1. The fourth-order valence-electron chi connectivity index (χ4n) is 2.66. The van der Waals surface area contributed by atoms with Gasteiger partial charge in [0.25, 0.3) is 0 Å². The maximum absolute atomic E-state index is 11.3. The summed E-state index contributed by atoms with van der Waals surface area (Å²) in [5.41, 5.74) is 0. The quantitative estimate of drug-likeness (QED) is 0.924. The summed E-state index contributed by atoms with van der Waals surface area (Å²) in [7, 11) is 0. The number of halogens is 1. The fourth-order valence-corrected chi connectivity index (χ4v) is 3.16. The van der Waals surface area contributed by atoms with Crippen molar-refractivity contribution in [1.82, 2.24) is 4.98 Å². The molecule has 0 aliphatic carbocycles. The molecule has 0 saturated carbocycles. The highest BCUT2D eigenvalue weighted by Gasteiger charge is 2.32. The van der Waals surface area contributed by atoms with Crippen molar-refractivity contribution >= 4 is 38.5 Å². The van der Waals surface area contributed by atoms with Crippen LogP contribution in [0.1, 0.15) is 12.8 Å². The number of aliphatic carboxylic acids is 1. The van der Waals surface area contributed by atoms with E-state index in [2.05, 4.69) is 20.9 Å². The maximum atomic E-state index is 11.3. The molecule has 3 rings (SSSR count). The number of aromatic nitrogens is 1. The van der Waals surface area contributed by atoms with Crippen molar-refractivity contribution in [1.29, 1.82) is 0 Å². The molecule has 4 nitrogen and oxygen atoms in total. The van der Waals surface area contributed by atoms with Crippen LogP contribution in [0.3, 0.4) is 0 Å². The molecule has 2 heterocycles. The van der Waals surface area contributed by atoms with Crippen LogP contribution in [-0.4, -0.2) is 28.6 Å². The van der Waals surface area contributed by atoms with Crippen LogP contribution in [0.25, 0.3) is 10.8 Å². The second-order valence-corrected chi connectivity index (χ2v) is 5.51. The highest BCUT2D eigenvalue weighted by molar-refractivity contribution is 9.10. The van der Waals surface area contributed by atoms with Crippen molar-refractivity contribution in [3.63, 3.8) is 0 Å². The van der Waals surface area contributed by atoms with Crippen LogP contribution in [0.2, 0.25) is 0 Å². The van der Waals surface area contributed by atoms with E-state index in [4.69, 9.17) is 0 Å². The molecule has 1 N–H and O–H groups in total. The number of hydrogen-bond acceptors (Lipinski definition) is 3. The third kappa shape index (κ3) is 2.08. The van der Waals surface area contributed by atoms with E-state index in [1.807, 2.05) is 29.2 Å². The third-order valence-electron chi connectivity index (χ3n) is 3.54. The van der Waals surface area contributed by atoms with Gasteiger partial charge in [-0.1, -0.05) is 28.1 Å². The molecule has 1 unspecified atom stereocenters. The van der Waals surface area contributed by atoms with E-state index in [-0.39, 0.29) is 0 Å². The van der Waals surface area contributed by atoms with Crippen molar-refractivity contribution in [2.24, 2.45) is 0 Å². The third-order valence-corrected chi connectivity index (χ3v) is 4.23. The average Bonchev–Trinajstić information content (AvgIpc) is 2.88. The standard InChI is InChI=1S/C14H13BrN2O2/c15-11-4-1-3-10-9(11)6-7-16-13(10)17-8-2-5-12(17)14(18)19/h1,3-4,6-7,12H,2,5,8H2,(H,18,19). The van der Waals surface area contributed by atoms with Crippen LogP contribution >= 0.6 is 15.9 Å². The predicted octanol–water partition coefficient (Wildman–Crippen LogP) is 3.05. The molecule has 0 radical (unpaired) electrons. The molecule has 0 spiro atoms. The first-order chi connectivity index (χ1) is 9.18. The Bertz CT molecular complexity index is 644. The molecule has 19 heavy (non-hydrogen) atoms. The van der Waals surface area contributed by atoms with Crippen LogP contribution in [0, 0.1) is 0 Å². The molecule has 0 amide bonds. The number of fused-ring (bicyclic) bond motifs is 1. The Morgan fingerprint density at radius 1 is 1.37 bits per heavy atom. The summed E-state index contributed by atoms with van der Waals surface area (Å²) in [5, 5.41) is 11.3. The topological polar surface area (TPSA) is 53.4 Å². The fraction of sp³-hybridized carbons (Fsp3) is 0.286. The Morgan fingerprint density at radius 2 is 2.21 bits per heavy atom. The first kappa shape index (κ1) is 12.4. The molecule has 0 bridgehead atoms. The lowest BCUT2D eigenvalue weighted by atomic mass is 10.1. The molecule has 98 valence electrons. The van der Waals surface area contributed by atoms with Crippen LogP contribution in [-0.2, 0) is 4.79 Å². The summed E-state index contributed by atoms with van der Waals surface area (Å²) in [6.07, 6.45) is 3.31. The number of benzene rings is 1. The van der Waals surface area contributed by atoms with Gasteiger partial charge >= 0.3 is 5.97 Å². The SMILES string of the molecule is O=C(O)C1CCCN1c1nccc2c(Br)cccc12. The number of anilines is 1. The largest absolute Gasteiger partial charge is 0.480 e. The second-order valence-electron chi connectivity index (χ2n) is 4.66. The van der Waals surface area contributed by atoms with Gasteiger partial charge in [0.15, 0.2) is 0 Å². The minimum atomic E-state index is -0.772. The summed E-state index contributed by atoms with van der Waals surface area (Å²) in [6.45, 7) is 0.746. The molecule has 1 aliphatic heterocycles. The van der Waals surface area contributed by atoms with Crippen molar-refractivity contribution in [3.05, 3.63) is 34.9 Å². The maximum Gasteiger partial charge on any atom is 0.326 e. The molecule has 1 aliphatic rings. The Kier molecular flexibility index (Phi) is 3.14. The summed E-state index contributed by atoms with van der Waals surface area (Å²) in [5.74, 6) is -0.00463. The van der Waals surface area contributed by atoms with Crippen molar-refractivity contribution in [3.8, 4) is 0 Å². The first-order valence-electron chi connectivity index (χ1n) is 6.21. The number of pyridine rings is 1. The average molecular weight is 321 g/mol. The van der Waals surface area contributed by atoms with E-state index in [1.165, 1.54) is 0 Å². The molecule has 1 aromatic carbocycles. The molecular formula is C14H13BrN2O2. The molecule has 1 atom stereocenters. The van der Waals surface area contributed by atoms with Crippen molar-refractivity contribution in [2.75, 3.05) is 11.4 Å². The number of carboxylic acids is 1. The smallest absolute Gasteiger partial charge is 0.326 e. The Labute approximate surface area is 119 Å². The van der Waals surface area contributed by atoms with E-state index in [0.29, 0.717) is 6.42 Å². The first-order valence-corrected chi connectivity index (χ1v) is 7.00. The van der Waals surface area contributed by atoms with Gasteiger partial charge in [0.2, 0.25) is 0 Å². The summed E-state index contributed by atoms with van der Waals surface area (Å²) >= 11 is 3.52. The summed E-state index contributed by atoms with van der Waals surface area (Å²) in [4.78, 5) is 17.6. The van der Waals surface area contributed by atoms with Gasteiger partial charge in [0.1, 0.15) is 11.9 Å². The lowest BCUT2D eigenvalue weighted by Gasteiger charge is -2.23. The van der Waals surface area contributed by atoms with Crippen molar-refractivity contribution in [2.45, 2.75) is 18.9 Å². The van der Waals surface area contributed by atoms with E-state index in [9.17, 15) is 9.90 Å². The minimum absolute atomic E-state index is 0.461. The molecule has 1 saturated heterocycles. The summed E-state index contributed by atoms with van der Waals surface area (Å²) in [6, 6.07) is 7.39. The van der Waals surface area contributed by atoms with Gasteiger partial charge in [-0.2, -0.15) is 0 Å². The van der Waals surface area contributed by atoms with Gasteiger partial charge in [-0.25, -0.2) is 9.78 Å². The van der Waals surface area contributed by atoms with Gasteiger partial charge in [0.05, 0.1) is 0 Å². The Balaban J connectivity index is 2.15. The zero-order valence-electron chi connectivity index (χ0n) is 10.2. The Hall–Kier alpha value is -1.62. The van der Waals surface area contributed by atoms with E-state index in [1.54, 1.807) is 6.20 Å². The number of carboxylic acid groups (broad SMARTS) is 1. The van der Waals surface area contributed by atoms with Crippen LogP contribution in [0.5, 0.6) is 0 Å². The lowest BCUT2D eigenvalue weighted by molar-refractivity contribution is -0.138. The van der Waals surface area contributed by atoms with Gasteiger partial charge in [0, 0.05) is 28.0 Å². The number of rotatable bonds is 2. The van der Waals surface area contributed by atoms with Gasteiger partial charge in [-0.05, 0) is 25.0 Å². The number of hydrogen-bond donors (Lipinski definition) is 1. The van der Waals surface area contributed by atoms with E-state index in [0.717, 1.165) is 34.0 Å². The Morgan fingerprint density at radius 3 is 3.00 bits per heavy atom. The van der Waals surface area contributed by atoms with Gasteiger partial charge in [-0.3, -0.25) is 0 Å².